The molecule has 1 amide bonds. The molecular weight excluding hydrogens is 314 g/mol. The second kappa shape index (κ2) is 9.23. The van der Waals surface area contributed by atoms with Crippen molar-refractivity contribution in [2.45, 2.75) is 45.4 Å². The molecule has 0 aromatic heterocycles. The summed E-state index contributed by atoms with van der Waals surface area (Å²) in [6.07, 6.45) is 0.270. The van der Waals surface area contributed by atoms with Crippen LogP contribution in [-0.2, 0) is 22.5 Å². The second-order valence-corrected chi connectivity index (χ2v) is 7.03. The first-order valence-electron chi connectivity index (χ1n) is 8.57. The number of hydrogen-bond donors (Lipinski definition) is 1. The van der Waals surface area contributed by atoms with E-state index in [0.717, 1.165) is 11.1 Å². The summed E-state index contributed by atoms with van der Waals surface area (Å²) in [6, 6.07) is 19.9. The summed E-state index contributed by atoms with van der Waals surface area (Å²) >= 11 is 0. The summed E-state index contributed by atoms with van der Waals surface area (Å²) in [7, 11) is 0. The summed E-state index contributed by atoms with van der Waals surface area (Å²) in [5, 5.41) is 2.92. The first-order chi connectivity index (χ1) is 11.9. The van der Waals surface area contributed by atoms with E-state index in [1.165, 1.54) is 0 Å². The lowest BCUT2D eigenvalue weighted by Crippen LogP contribution is -2.42. The number of ether oxygens (including phenoxy) is 2. The Morgan fingerprint density at radius 2 is 1.52 bits per heavy atom. The Labute approximate surface area is 150 Å². The summed E-state index contributed by atoms with van der Waals surface area (Å²) < 4.78 is 11.2. The van der Waals surface area contributed by atoms with E-state index in [1.807, 2.05) is 81.4 Å². The summed E-state index contributed by atoms with van der Waals surface area (Å²) in [5.74, 6) is 0. The van der Waals surface area contributed by atoms with Gasteiger partial charge in [0.2, 0.25) is 0 Å². The maximum Gasteiger partial charge on any atom is 0.407 e. The van der Waals surface area contributed by atoms with Crippen molar-refractivity contribution in [1.29, 1.82) is 0 Å². The van der Waals surface area contributed by atoms with Crippen LogP contribution < -0.4 is 5.32 Å². The normalized spacial score (nSPS) is 12.4. The molecular formula is C21H27NO3. The van der Waals surface area contributed by atoms with Crippen LogP contribution in [-0.4, -0.2) is 24.3 Å². The predicted octanol–water partition coefficient (Wildman–Crippen LogP) is 4.34. The molecule has 2 aromatic carbocycles. The fraction of sp³-hybridized carbons (Fsp3) is 0.381. The Hall–Kier alpha value is -2.33. The van der Waals surface area contributed by atoms with Gasteiger partial charge in [0.25, 0.3) is 0 Å². The third kappa shape index (κ3) is 7.86. The highest BCUT2D eigenvalue weighted by Crippen LogP contribution is 2.09. The summed E-state index contributed by atoms with van der Waals surface area (Å²) in [4.78, 5) is 12.1. The second-order valence-electron chi connectivity index (χ2n) is 7.03. The first-order valence-corrected chi connectivity index (χ1v) is 8.57. The van der Waals surface area contributed by atoms with E-state index in [0.29, 0.717) is 19.6 Å². The van der Waals surface area contributed by atoms with Crippen LogP contribution in [0.2, 0.25) is 0 Å². The maximum atomic E-state index is 12.1. The summed E-state index contributed by atoms with van der Waals surface area (Å²) in [6.45, 7) is 6.49. The fourth-order valence-electron chi connectivity index (χ4n) is 2.42. The molecule has 25 heavy (non-hydrogen) atoms. The van der Waals surface area contributed by atoms with Crippen molar-refractivity contribution in [3.8, 4) is 0 Å². The lowest BCUT2D eigenvalue weighted by atomic mass is 10.1. The molecule has 2 rings (SSSR count). The van der Waals surface area contributed by atoms with Crippen LogP contribution in [0.4, 0.5) is 4.79 Å². The van der Waals surface area contributed by atoms with Crippen LogP contribution in [0.3, 0.4) is 0 Å². The van der Waals surface area contributed by atoms with Gasteiger partial charge in [0.15, 0.2) is 0 Å². The van der Waals surface area contributed by atoms with Gasteiger partial charge in [0, 0.05) is 0 Å². The molecule has 1 atom stereocenters. The fourth-order valence-corrected chi connectivity index (χ4v) is 2.42. The van der Waals surface area contributed by atoms with Crippen LogP contribution in [0.1, 0.15) is 31.9 Å². The van der Waals surface area contributed by atoms with E-state index < -0.39 is 11.7 Å². The highest BCUT2D eigenvalue weighted by atomic mass is 16.6. The molecule has 4 heteroatoms. The average molecular weight is 341 g/mol. The van der Waals surface area contributed by atoms with Crippen molar-refractivity contribution < 1.29 is 14.3 Å². The van der Waals surface area contributed by atoms with Gasteiger partial charge in [0.1, 0.15) is 5.60 Å². The van der Waals surface area contributed by atoms with Crippen LogP contribution in [0.5, 0.6) is 0 Å². The molecule has 0 saturated heterocycles. The molecule has 0 aliphatic heterocycles. The molecule has 0 aliphatic rings. The van der Waals surface area contributed by atoms with E-state index in [2.05, 4.69) is 5.32 Å². The molecule has 134 valence electrons. The average Bonchev–Trinajstić information content (AvgIpc) is 2.55. The van der Waals surface area contributed by atoms with Gasteiger partial charge >= 0.3 is 6.09 Å². The van der Waals surface area contributed by atoms with Crippen LogP contribution in [0.15, 0.2) is 60.7 Å². The minimum Gasteiger partial charge on any atom is -0.444 e. The lowest BCUT2D eigenvalue weighted by molar-refractivity contribution is 0.0429. The molecule has 0 heterocycles. The zero-order chi connectivity index (χ0) is 18.1. The van der Waals surface area contributed by atoms with Crippen molar-refractivity contribution in [2.75, 3.05) is 6.61 Å². The Kier molecular flexibility index (Phi) is 7.02. The van der Waals surface area contributed by atoms with Crippen molar-refractivity contribution in [3.05, 3.63) is 71.8 Å². The Morgan fingerprint density at radius 3 is 2.08 bits per heavy atom. The van der Waals surface area contributed by atoms with Gasteiger partial charge in [0.05, 0.1) is 19.3 Å². The lowest BCUT2D eigenvalue weighted by Gasteiger charge is -2.24. The van der Waals surface area contributed by atoms with E-state index in [4.69, 9.17) is 9.47 Å². The van der Waals surface area contributed by atoms with Gasteiger partial charge in [-0.05, 0) is 38.3 Å². The number of carbonyl (C=O) groups excluding carboxylic acids is 1. The highest BCUT2D eigenvalue weighted by molar-refractivity contribution is 5.68. The number of rotatable bonds is 7. The third-order valence-electron chi connectivity index (χ3n) is 3.48. The van der Waals surface area contributed by atoms with E-state index in [-0.39, 0.29) is 6.04 Å². The molecule has 0 saturated carbocycles. The number of alkyl carbamates (subject to hydrolysis) is 1. The van der Waals surface area contributed by atoms with Crippen LogP contribution in [0.25, 0.3) is 0 Å². The largest absolute Gasteiger partial charge is 0.444 e. The highest BCUT2D eigenvalue weighted by Gasteiger charge is 2.20. The zero-order valence-corrected chi connectivity index (χ0v) is 15.2. The smallest absolute Gasteiger partial charge is 0.407 e. The van der Waals surface area contributed by atoms with Crippen molar-refractivity contribution >= 4 is 6.09 Å². The van der Waals surface area contributed by atoms with Gasteiger partial charge in [-0.1, -0.05) is 60.7 Å². The Balaban J connectivity index is 1.92. The van der Waals surface area contributed by atoms with Gasteiger partial charge in [-0.3, -0.25) is 0 Å². The predicted molar refractivity (Wildman–Crippen MR) is 99.4 cm³/mol. The van der Waals surface area contributed by atoms with E-state index in [1.54, 1.807) is 0 Å². The Bertz CT molecular complexity index is 635. The van der Waals surface area contributed by atoms with E-state index >= 15 is 0 Å². The third-order valence-corrected chi connectivity index (χ3v) is 3.48. The molecule has 2 aromatic rings. The molecule has 0 fully saturated rings. The Morgan fingerprint density at radius 1 is 0.960 bits per heavy atom. The zero-order valence-electron chi connectivity index (χ0n) is 15.2. The van der Waals surface area contributed by atoms with Gasteiger partial charge in [-0.2, -0.15) is 0 Å². The first kappa shape index (κ1) is 19.0. The molecule has 1 N–H and O–H groups in total. The number of benzene rings is 2. The quantitative estimate of drug-likeness (QED) is 0.815. The number of hydrogen-bond acceptors (Lipinski definition) is 3. The maximum absolute atomic E-state index is 12.1. The molecule has 0 radical (unpaired) electrons. The van der Waals surface area contributed by atoms with E-state index in [9.17, 15) is 4.79 Å². The number of amides is 1. The number of nitrogens with one attached hydrogen (secondary N) is 1. The molecule has 0 aliphatic carbocycles. The minimum absolute atomic E-state index is 0.152. The van der Waals surface area contributed by atoms with Crippen molar-refractivity contribution in [3.63, 3.8) is 0 Å². The van der Waals surface area contributed by atoms with Crippen LogP contribution in [0, 0.1) is 0 Å². The standard InChI is InChI=1S/C21H27NO3/c1-21(2,3)25-20(23)22-19(14-17-10-6-4-7-11-17)16-24-15-18-12-8-5-9-13-18/h4-13,19H,14-16H2,1-3H3,(H,22,23). The van der Waals surface area contributed by atoms with Gasteiger partial charge in [-0.15, -0.1) is 0 Å². The minimum atomic E-state index is -0.522. The SMILES string of the molecule is CC(C)(C)OC(=O)NC(COCc1ccccc1)Cc1ccccc1. The molecule has 1 unspecified atom stereocenters. The van der Waals surface area contributed by atoms with Crippen molar-refractivity contribution in [2.24, 2.45) is 0 Å². The monoisotopic (exact) mass is 341 g/mol. The van der Waals surface area contributed by atoms with Crippen molar-refractivity contribution in [1.82, 2.24) is 5.32 Å². The van der Waals surface area contributed by atoms with Gasteiger partial charge in [-0.25, -0.2) is 4.79 Å². The molecule has 4 nitrogen and oxygen atoms in total. The van der Waals surface area contributed by atoms with Gasteiger partial charge < -0.3 is 14.8 Å². The summed E-state index contributed by atoms with van der Waals surface area (Å²) in [5.41, 5.74) is 1.73. The molecule has 0 bridgehead atoms. The molecule has 0 spiro atoms. The van der Waals surface area contributed by atoms with Crippen LogP contribution >= 0.6 is 0 Å². The number of carbonyl (C=O) groups is 1. The topological polar surface area (TPSA) is 47.6 Å².